The van der Waals surface area contributed by atoms with Gasteiger partial charge in [0.05, 0.1) is 0 Å². The van der Waals surface area contributed by atoms with Gasteiger partial charge in [-0.25, -0.2) is 4.98 Å². The van der Waals surface area contributed by atoms with E-state index >= 15 is 0 Å². The fraction of sp³-hybridized carbons (Fsp3) is 0.182. The number of hydrogen-bond donors (Lipinski definition) is 1. The fourth-order valence-corrected chi connectivity index (χ4v) is 1.85. The number of imidazole rings is 1. The monoisotopic (exact) mass is 265 g/mol. The van der Waals surface area contributed by atoms with Gasteiger partial charge >= 0.3 is 0 Å². The smallest absolute Gasteiger partial charge is 0.177 e. The molecule has 1 aromatic carbocycles. The Morgan fingerprint density at radius 3 is 2.67 bits per heavy atom. The summed E-state index contributed by atoms with van der Waals surface area (Å²) in [7, 11) is 0. The molecule has 2 rings (SSSR count). The van der Waals surface area contributed by atoms with E-state index in [-0.39, 0.29) is 6.04 Å². The quantitative estimate of drug-likeness (QED) is 0.926. The number of aromatic nitrogens is 2. The molecule has 0 saturated carbocycles. The molecule has 0 fully saturated rings. The first-order valence-corrected chi connectivity index (χ1v) is 5.54. The second-order valence-electron chi connectivity index (χ2n) is 3.37. The third kappa shape index (κ3) is 2.46. The first kappa shape index (κ1) is 10.4. The van der Waals surface area contributed by atoms with Crippen LogP contribution < -0.4 is 5.73 Å². The van der Waals surface area contributed by atoms with Gasteiger partial charge in [-0.15, -0.1) is 0 Å². The molecule has 0 aliphatic rings. The highest BCUT2D eigenvalue weighted by atomic mass is 79.9. The average molecular weight is 266 g/mol. The highest BCUT2D eigenvalue weighted by molar-refractivity contribution is 9.10. The summed E-state index contributed by atoms with van der Waals surface area (Å²) in [6, 6.07) is 10.1. The van der Waals surface area contributed by atoms with Crippen molar-refractivity contribution in [1.29, 1.82) is 0 Å². The standard InChI is InChI=1S/C11H12BrN3/c12-11-14-6-7-15(11)8-10(13)9-4-2-1-3-5-9/h1-7,10H,8,13H2. The van der Waals surface area contributed by atoms with E-state index < -0.39 is 0 Å². The number of nitrogens with two attached hydrogens (primary N) is 1. The molecule has 1 aromatic heterocycles. The maximum absolute atomic E-state index is 6.09. The Bertz CT molecular complexity index is 424. The molecule has 0 bridgehead atoms. The maximum Gasteiger partial charge on any atom is 0.177 e. The topological polar surface area (TPSA) is 43.8 Å². The van der Waals surface area contributed by atoms with Gasteiger partial charge in [0.25, 0.3) is 0 Å². The number of hydrogen-bond acceptors (Lipinski definition) is 2. The highest BCUT2D eigenvalue weighted by Gasteiger charge is 2.07. The zero-order chi connectivity index (χ0) is 10.7. The molecule has 0 saturated heterocycles. The van der Waals surface area contributed by atoms with Crippen LogP contribution in [0.1, 0.15) is 11.6 Å². The summed E-state index contributed by atoms with van der Waals surface area (Å²) >= 11 is 3.36. The van der Waals surface area contributed by atoms with Gasteiger partial charge in [0.2, 0.25) is 0 Å². The van der Waals surface area contributed by atoms with E-state index in [0.29, 0.717) is 0 Å². The zero-order valence-electron chi connectivity index (χ0n) is 8.18. The minimum absolute atomic E-state index is 0.00306. The van der Waals surface area contributed by atoms with Crippen molar-refractivity contribution in [2.45, 2.75) is 12.6 Å². The van der Waals surface area contributed by atoms with Crippen molar-refractivity contribution < 1.29 is 0 Å². The van der Waals surface area contributed by atoms with Crippen LogP contribution >= 0.6 is 15.9 Å². The lowest BCUT2D eigenvalue weighted by Crippen LogP contribution is -2.17. The fourth-order valence-electron chi connectivity index (χ4n) is 1.46. The Hall–Kier alpha value is -1.13. The van der Waals surface area contributed by atoms with Gasteiger partial charge in [0.15, 0.2) is 4.73 Å². The Kier molecular flexibility index (Phi) is 3.18. The summed E-state index contributed by atoms with van der Waals surface area (Å²) < 4.78 is 2.80. The lowest BCUT2D eigenvalue weighted by molar-refractivity contribution is 0.568. The third-order valence-corrected chi connectivity index (χ3v) is 2.95. The summed E-state index contributed by atoms with van der Waals surface area (Å²) in [4.78, 5) is 4.09. The number of halogens is 1. The first-order chi connectivity index (χ1) is 7.27. The molecule has 1 heterocycles. The highest BCUT2D eigenvalue weighted by Crippen LogP contribution is 2.14. The van der Waals surface area contributed by atoms with E-state index in [0.717, 1.165) is 16.8 Å². The SMILES string of the molecule is NC(Cn1ccnc1Br)c1ccccc1. The lowest BCUT2D eigenvalue weighted by atomic mass is 10.1. The van der Waals surface area contributed by atoms with Crippen molar-refractivity contribution in [3.8, 4) is 0 Å². The van der Waals surface area contributed by atoms with Crippen LogP contribution in [0.15, 0.2) is 47.5 Å². The van der Waals surface area contributed by atoms with Gasteiger partial charge in [-0.2, -0.15) is 0 Å². The lowest BCUT2D eigenvalue weighted by Gasteiger charge is -2.13. The van der Waals surface area contributed by atoms with Crippen LogP contribution in [0.2, 0.25) is 0 Å². The summed E-state index contributed by atoms with van der Waals surface area (Å²) in [6.07, 6.45) is 3.66. The Labute approximate surface area is 97.1 Å². The van der Waals surface area contributed by atoms with Gasteiger partial charge in [0, 0.05) is 25.0 Å². The molecule has 0 radical (unpaired) electrons. The van der Waals surface area contributed by atoms with E-state index in [9.17, 15) is 0 Å². The van der Waals surface area contributed by atoms with Gasteiger partial charge in [-0.05, 0) is 21.5 Å². The Morgan fingerprint density at radius 2 is 2.07 bits per heavy atom. The molecule has 2 N–H and O–H groups in total. The number of nitrogens with zero attached hydrogens (tertiary/aromatic N) is 2. The summed E-state index contributed by atoms with van der Waals surface area (Å²) in [5.41, 5.74) is 7.22. The average Bonchev–Trinajstić information content (AvgIpc) is 2.66. The van der Waals surface area contributed by atoms with Crippen molar-refractivity contribution in [3.05, 3.63) is 53.0 Å². The van der Waals surface area contributed by atoms with E-state index in [4.69, 9.17) is 5.73 Å². The van der Waals surface area contributed by atoms with Crippen LogP contribution in [0, 0.1) is 0 Å². The third-order valence-electron chi connectivity index (χ3n) is 2.29. The first-order valence-electron chi connectivity index (χ1n) is 4.74. The summed E-state index contributed by atoms with van der Waals surface area (Å²) in [5, 5.41) is 0. The molecule has 2 aromatic rings. The molecule has 0 amide bonds. The molecule has 15 heavy (non-hydrogen) atoms. The molecule has 78 valence electrons. The van der Waals surface area contributed by atoms with Crippen LogP contribution in [0.3, 0.4) is 0 Å². The minimum Gasteiger partial charge on any atom is -0.324 e. The van der Waals surface area contributed by atoms with Crippen LogP contribution in [0.5, 0.6) is 0 Å². The number of benzene rings is 1. The van der Waals surface area contributed by atoms with E-state index in [1.807, 2.05) is 41.1 Å². The molecule has 0 aliphatic heterocycles. The Morgan fingerprint density at radius 1 is 1.33 bits per heavy atom. The van der Waals surface area contributed by atoms with E-state index in [1.165, 1.54) is 0 Å². The number of rotatable bonds is 3. The second kappa shape index (κ2) is 4.59. The van der Waals surface area contributed by atoms with Crippen LogP contribution in [0.25, 0.3) is 0 Å². The van der Waals surface area contributed by atoms with Crippen molar-refractivity contribution in [2.24, 2.45) is 5.73 Å². The summed E-state index contributed by atoms with van der Waals surface area (Å²) in [5.74, 6) is 0. The predicted molar refractivity (Wildman–Crippen MR) is 63.3 cm³/mol. The molecular weight excluding hydrogens is 254 g/mol. The molecule has 1 atom stereocenters. The van der Waals surface area contributed by atoms with Gasteiger partial charge in [0.1, 0.15) is 0 Å². The normalized spacial score (nSPS) is 12.7. The van der Waals surface area contributed by atoms with E-state index in [1.54, 1.807) is 6.20 Å². The zero-order valence-corrected chi connectivity index (χ0v) is 9.76. The van der Waals surface area contributed by atoms with Crippen molar-refractivity contribution in [2.75, 3.05) is 0 Å². The van der Waals surface area contributed by atoms with Gasteiger partial charge in [-0.1, -0.05) is 30.3 Å². The predicted octanol–water partition coefficient (Wildman–Crippen LogP) is 2.35. The largest absolute Gasteiger partial charge is 0.324 e. The van der Waals surface area contributed by atoms with Crippen LogP contribution in [-0.2, 0) is 6.54 Å². The van der Waals surface area contributed by atoms with Gasteiger partial charge < -0.3 is 10.3 Å². The molecule has 3 nitrogen and oxygen atoms in total. The molecule has 0 aliphatic carbocycles. The molecule has 1 unspecified atom stereocenters. The van der Waals surface area contributed by atoms with Crippen molar-refractivity contribution in [1.82, 2.24) is 9.55 Å². The van der Waals surface area contributed by atoms with Crippen LogP contribution in [-0.4, -0.2) is 9.55 Å². The van der Waals surface area contributed by atoms with Crippen molar-refractivity contribution in [3.63, 3.8) is 0 Å². The summed E-state index contributed by atoms with van der Waals surface area (Å²) in [6.45, 7) is 0.727. The van der Waals surface area contributed by atoms with Crippen molar-refractivity contribution >= 4 is 15.9 Å². The second-order valence-corrected chi connectivity index (χ2v) is 4.08. The Balaban J connectivity index is 2.11. The molecule has 0 spiro atoms. The van der Waals surface area contributed by atoms with E-state index in [2.05, 4.69) is 20.9 Å². The minimum atomic E-state index is -0.00306. The van der Waals surface area contributed by atoms with Gasteiger partial charge in [-0.3, -0.25) is 0 Å². The molecular formula is C11H12BrN3. The molecule has 4 heteroatoms. The maximum atomic E-state index is 6.09. The van der Waals surface area contributed by atoms with Crippen LogP contribution in [0.4, 0.5) is 0 Å².